The van der Waals surface area contributed by atoms with Crippen LogP contribution in [0.1, 0.15) is 21.6 Å². The molecule has 6 nitrogen and oxygen atoms in total. The maximum Gasteiger partial charge on any atom is 0.338 e. The number of carbonyl (C=O) groups excluding carboxylic acids is 1. The Bertz CT molecular complexity index is 1260. The number of nitrogens with zero attached hydrogens (tertiary/aromatic N) is 2. The second-order valence-corrected chi connectivity index (χ2v) is 6.72. The topological polar surface area (TPSA) is 64.9 Å². The van der Waals surface area contributed by atoms with Crippen molar-refractivity contribution >= 4 is 35.3 Å². The highest BCUT2D eigenvalue weighted by Gasteiger charge is 2.14. The van der Waals surface area contributed by atoms with Gasteiger partial charge in [-0.1, -0.05) is 24.3 Å². The minimum Gasteiger partial charge on any atom is -0.497 e. The first-order valence-electron chi connectivity index (χ1n) is 9.52. The Labute approximate surface area is 178 Å². The smallest absolute Gasteiger partial charge is 0.338 e. The molecule has 2 aromatic carbocycles. The number of methoxy groups -OCH3 is 2. The summed E-state index contributed by atoms with van der Waals surface area (Å²) in [6, 6.07) is 17.1. The molecule has 2 heterocycles. The molecule has 7 heteroatoms. The van der Waals surface area contributed by atoms with E-state index in [-0.39, 0.29) is 5.82 Å². The first-order valence-corrected chi connectivity index (χ1v) is 9.52. The molecule has 0 saturated heterocycles. The van der Waals surface area contributed by atoms with E-state index in [0.29, 0.717) is 28.4 Å². The SMILES string of the molecule is COC(=O)c1ccn2c(Nc3cccc(F)c3)c(/C=C/c3ccc(OC)cc3)nc2c1. The second kappa shape index (κ2) is 8.71. The summed E-state index contributed by atoms with van der Waals surface area (Å²) < 4.78 is 25.5. The summed E-state index contributed by atoms with van der Waals surface area (Å²) in [5.74, 6) is 0.623. The quantitative estimate of drug-likeness (QED) is 0.438. The highest BCUT2D eigenvalue weighted by Crippen LogP contribution is 2.26. The highest BCUT2D eigenvalue weighted by molar-refractivity contribution is 5.91. The van der Waals surface area contributed by atoms with Crippen molar-refractivity contribution in [3.63, 3.8) is 0 Å². The van der Waals surface area contributed by atoms with Crippen molar-refractivity contribution in [2.75, 3.05) is 19.5 Å². The van der Waals surface area contributed by atoms with E-state index in [9.17, 15) is 9.18 Å². The Morgan fingerprint density at radius 1 is 1.06 bits per heavy atom. The molecule has 2 aromatic heterocycles. The average Bonchev–Trinajstić information content (AvgIpc) is 3.14. The van der Waals surface area contributed by atoms with Gasteiger partial charge in [-0.25, -0.2) is 14.2 Å². The summed E-state index contributed by atoms with van der Waals surface area (Å²) in [5.41, 5.74) is 3.11. The zero-order valence-corrected chi connectivity index (χ0v) is 17.0. The van der Waals surface area contributed by atoms with Crippen molar-refractivity contribution in [3.8, 4) is 5.75 Å². The van der Waals surface area contributed by atoms with Gasteiger partial charge in [-0.05, 0) is 54.1 Å². The molecular weight excluding hydrogens is 397 g/mol. The molecule has 0 fully saturated rings. The van der Waals surface area contributed by atoms with Crippen molar-refractivity contribution in [1.82, 2.24) is 9.38 Å². The van der Waals surface area contributed by atoms with Crippen molar-refractivity contribution in [2.24, 2.45) is 0 Å². The molecule has 0 amide bonds. The molecule has 0 saturated carbocycles. The van der Waals surface area contributed by atoms with Crippen molar-refractivity contribution in [2.45, 2.75) is 0 Å². The van der Waals surface area contributed by atoms with Crippen LogP contribution in [0.2, 0.25) is 0 Å². The fourth-order valence-corrected chi connectivity index (χ4v) is 3.14. The Kier molecular flexibility index (Phi) is 5.66. The number of carbonyl (C=O) groups is 1. The van der Waals surface area contributed by atoms with Gasteiger partial charge in [0.05, 0.1) is 19.8 Å². The molecule has 0 atom stereocenters. The van der Waals surface area contributed by atoms with Crippen LogP contribution in [0.15, 0.2) is 66.9 Å². The Balaban J connectivity index is 1.76. The molecule has 4 aromatic rings. The summed E-state index contributed by atoms with van der Waals surface area (Å²) in [6.45, 7) is 0. The number of esters is 1. The Hall–Kier alpha value is -4.13. The summed E-state index contributed by atoms with van der Waals surface area (Å²) in [4.78, 5) is 16.5. The van der Waals surface area contributed by atoms with Crippen LogP contribution in [0.3, 0.4) is 0 Å². The normalized spacial score (nSPS) is 11.1. The van der Waals surface area contributed by atoms with Crippen LogP contribution in [0.4, 0.5) is 15.9 Å². The third-order valence-corrected chi connectivity index (χ3v) is 4.71. The van der Waals surface area contributed by atoms with E-state index in [0.717, 1.165) is 11.3 Å². The van der Waals surface area contributed by atoms with Gasteiger partial charge in [-0.15, -0.1) is 0 Å². The van der Waals surface area contributed by atoms with Crippen LogP contribution in [-0.4, -0.2) is 29.6 Å². The number of rotatable bonds is 6. The maximum absolute atomic E-state index is 13.7. The van der Waals surface area contributed by atoms with Gasteiger partial charge in [0.15, 0.2) is 0 Å². The lowest BCUT2D eigenvalue weighted by Crippen LogP contribution is -2.02. The summed E-state index contributed by atoms with van der Waals surface area (Å²) in [7, 11) is 2.95. The molecule has 0 aliphatic heterocycles. The van der Waals surface area contributed by atoms with E-state index in [1.54, 1.807) is 42.0 Å². The number of imidazole rings is 1. The molecule has 0 bridgehead atoms. The number of benzene rings is 2. The van der Waals surface area contributed by atoms with Crippen LogP contribution in [0.5, 0.6) is 5.75 Å². The van der Waals surface area contributed by atoms with Crippen LogP contribution in [0, 0.1) is 5.82 Å². The van der Waals surface area contributed by atoms with Crippen LogP contribution >= 0.6 is 0 Å². The molecule has 31 heavy (non-hydrogen) atoms. The number of nitrogens with one attached hydrogen (secondary N) is 1. The second-order valence-electron chi connectivity index (χ2n) is 6.72. The zero-order chi connectivity index (χ0) is 21.8. The number of ether oxygens (including phenoxy) is 2. The van der Waals surface area contributed by atoms with E-state index in [4.69, 9.17) is 9.47 Å². The van der Waals surface area contributed by atoms with Gasteiger partial charge in [0, 0.05) is 11.9 Å². The molecule has 0 radical (unpaired) electrons. The largest absolute Gasteiger partial charge is 0.497 e. The van der Waals surface area contributed by atoms with Gasteiger partial charge < -0.3 is 14.8 Å². The number of fused-ring (bicyclic) bond motifs is 1. The average molecular weight is 417 g/mol. The highest BCUT2D eigenvalue weighted by atomic mass is 19.1. The number of hydrogen-bond donors (Lipinski definition) is 1. The minimum atomic E-state index is -0.444. The summed E-state index contributed by atoms with van der Waals surface area (Å²) in [5, 5.41) is 3.23. The monoisotopic (exact) mass is 417 g/mol. The molecule has 156 valence electrons. The number of pyridine rings is 1. The number of halogens is 1. The Morgan fingerprint density at radius 3 is 2.58 bits per heavy atom. The zero-order valence-electron chi connectivity index (χ0n) is 17.0. The van der Waals surface area contributed by atoms with Gasteiger partial charge in [-0.3, -0.25) is 4.40 Å². The van der Waals surface area contributed by atoms with E-state index >= 15 is 0 Å². The van der Waals surface area contributed by atoms with E-state index < -0.39 is 5.97 Å². The van der Waals surface area contributed by atoms with Crippen molar-refractivity contribution in [1.29, 1.82) is 0 Å². The first-order chi connectivity index (χ1) is 15.1. The number of aromatic nitrogens is 2. The van der Waals surface area contributed by atoms with Gasteiger partial charge in [0.25, 0.3) is 0 Å². The van der Waals surface area contributed by atoms with E-state index in [2.05, 4.69) is 10.3 Å². The predicted molar refractivity (Wildman–Crippen MR) is 118 cm³/mol. The fourth-order valence-electron chi connectivity index (χ4n) is 3.14. The molecule has 0 aliphatic carbocycles. The molecule has 0 aliphatic rings. The lowest BCUT2D eigenvalue weighted by Gasteiger charge is -2.08. The predicted octanol–water partition coefficient (Wildman–Crippen LogP) is 5.18. The summed E-state index contributed by atoms with van der Waals surface area (Å²) in [6.07, 6.45) is 5.49. The van der Waals surface area contributed by atoms with Gasteiger partial charge >= 0.3 is 5.97 Å². The van der Waals surface area contributed by atoms with Gasteiger partial charge in [-0.2, -0.15) is 0 Å². The van der Waals surface area contributed by atoms with Crippen LogP contribution < -0.4 is 10.1 Å². The maximum atomic E-state index is 13.7. The molecule has 0 unspecified atom stereocenters. The van der Waals surface area contributed by atoms with Crippen LogP contribution in [-0.2, 0) is 4.74 Å². The standard InChI is InChI=1S/C24H20FN3O3/c1-30-20-9-6-16(7-10-20)8-11-21-23(26-19-5-3-4-18(25)15-19)28-13-12-17(24(29)31-2)14-22(28)27-21/h3-15,26H,1-2H3/b11-8+. The third kappa shape index (κ3) is 4.40. The lowest BCUT2D eigenvalue weighted by molar-refractivity contribution is 0.0600. The molecular formula is C24H20FN3O3. The molecule has 0 spiro atoms. The van der Waals surface area contributed by atoms with Crippen molar-refractivity contribution < 1.29 is 18.7 Å². The lowest BCUT2D eigenvalue weighted by atomic mass is 10.2. The minimum absolute atomic E-state index is 0.345. The van der Waals surface area contributed by atoms with E-state index in [1.807, 2.05) is 36.4 Å². The van der Waals surface area contributed by atoms with Gasteiger partial charge in [0.1, 0.15) is 28.7 Å². The molecule has 1 N–H and O–H groups in total. The fraction of sp³-hybridized carbons (Fsp3) is 0.0833. The molecule has 4 rings (SSSR count). The third-order valence-electron chi connectivity index (χ3n) is 4.71. The van der Waals surface area contributed by atoms with Gasteiger partial charge in [0.2, 0.25) is 0 Å². The Morgan fingerprint density at radius 2 is 1.87 bits per heavy atom. The van der Waals surface area contributed by atoms with Crippen LogP contribution in [0.25, 0.3) is 17.8 Å². The first kappa shape index (κ1) is 20.2. The van der Waals surface area contributed by atoms with Crippen molar-refractivity contribution in [3.05, 3.63) is 89.5 Å². The number of hydrogen-bond acceptors (Lipinski definition) is 5. The van der Waals surface area contributed by atoms with E-state index in [1.165, 1.54) is 19.2 Å². The number of anilines is 2. The summed E-state index contributed by atoms with van der Waals surface area (Å²) >= 11 is 0.